The van der Waals surface area contributed by atoms with Crippen molar-refractivity contribution in [3.8, 4) is 11.3 Å². The first-order valence-electron chi connectivity index (χ1n) is 8.17. The van der Waals surface area contributed by atoms with Gasteiger partial charge in [-0.3, -0.25) is 0 Å². The highest BCUT2D eigenvalue weighted by Gasteiger charge is 2.09. The monoisotopic (exact) mass is 402 g/mol. The number of hydrazone groups is 1. The normalized spacial score (nSPS) is 11.1. The van der Waals surface area contributed by atoms with Crippen molar-refractivity contribution in [2.45, 2.75) is 0 Å². The van der Waals surface area contributed by atoms with Gasteiger partial charge in [-0.1, -0.05) is 82.7 Å². The molecule has 0 atom stereocenters. The van der Waals surface area contributed by atoms with E-state index in [1.165, 1.54) is 0 Å². The van der Waals surface area contributed by atoms with Crippen molar-refractivity contribution in [1.82, 2.24) is 9.97 Å². The van der Waals surface area contributed by atoms with Gasteiger partial charge in [-0.2, -0.15) is 5.10 Å². The summed E-state index contributed by atoms with van der Waals surface area (Å²) in [5.74, 6) is 0.464. The Morgan fingerprint density at radius 1 is 0.808 bits per heavy atom. The molecule has 0 unspecified atom stereocenters. The quantitative estimate of drug-likeness (QED) is 0.361. The number of nitrogens with one attached hydrogen (secondary N) is 1. The first kappa shape index (κ1) is 16.4. The lowest BCUT2D eigenvalue weighted by Gasteiger charge is -2.08. The molecule has 0 fully saturated rings. The van der Waals surface area contributed by atoms with Crippen LogP contribution in [0.25, 0.3) is 22.2 Å². The smallest absolute Gasteiger partial charge is 0.244 e. The molecule has 126 valence electrons. The Bertz CT molecular complexity index is 1080. The van der Waals surface area contributed by atoms with Crippen molar-refractivity contribution in [3.05, 3.63) is 88.9 Å². The fourth-order valence-electron chi connectivity index (χ4n) is 2.68. The highest BCUT2D eigenvalue weighted by molar-refractivity contribution is 9.10. The molecule has 0 radical (unpaired) electrons. The minimum Gasteiger partial charge on any atom is -0.245 e. The molecule has 1 aromatic heterocycles. The fourth-order valence-corrected chi connectivity index (χ4v) is 3.07. The highest BCUT2D eigenvalue weighted by atomic mass is 79.9. The Morgan fingerprint density at radius 3 is 2.38 bits per heavy atom. The number of hydrogen-bond acceptors (Lipinski definition) is 4. The number of aromatic nitrogens is 2. The molecule has 1 N–H and O–H groups in total. The van der Waals surface area contributed by atoms with Crippen LogP contribution in [-0.4, -0.2) is 16.2 Å². The van der Waals surface area contributed by atoms with Crippen LogP contribution >= 0.6 is 15.9 Å². The van der Waals surface area contributed by atoms with E-state index in [9.17, 15) is 0 Å². The van der Waals surface area contributed by atoms with Crippen molar-refractivity contribution in [1.29, 1.82) is 0 Å². The predicted octanol–water partition coefficient (Wildman–Crippen LogP) is 5.51. The number of halogens is 1. The number of benzene rings is 3. The lowest BCUT2D eigenvalue weighted by molar-refractivity contribution is 1.16. The minimum absolute atomic E-state index is 0.464. The van der Waals surface area contributed by atoms with E-state index in [1.807, 2.05) is 78.9 Å². The second-order valence-electron chi connectivity index (χ2n) is 5.67. The molecule has 0 amide bonds. The van der Waals surface area contributed by atoms with Gasteiger partial charge in [-0.15, -0.1) is 0 Å². The van der Waals surface area contributed by atoms with Gasteiger partial charge in [-0.25, -0.2) is 15.4 Å². The summed E-state index contributed by atoms with van der Waals surface area (Å²) in [5, 5.41) is 5.30. The molecule has 4 rings (SSSR count). The second-order valence-corrected chi connectivity index (χ2v) is 6.52. The molecule has 0 saturated heterocycles. The molecule has 5 heteroatoms. The summed E-state index contributed by atoms with van der Waals surface area (Å²) < 4.78 is 0.981. The molecule has 4 aromatic rings. The lowest BCUT2D eigenvalue weighted by atomic mass is 10.1. The Balaban J connectivity index is 1.71. The standard InChI is InChI=1S/C21H15BrN4/c22-18-12-6-4-10-16(18)14-23-26-21-24-19-13-7-5-11-17(19)20(25-21)15-8-2-1-3-9-15/h1-14H,(H,24,25,26)/b23-14+. The summed E-state index contributed by atoms with van der Waals surface area (Å²) in [6, 6.07) is 26.0. The van der Waals surface area contributed by atoms with Crippen molar-refractivity contribution < 1.29 is 0 Å². The van der Waals surface area contributed by atoms with Gasteiger partial charge in [-0.05, 0) is 12.1 Å². The number of hydrogen-bond donors (Lipinski definition) is 1. The van der Waals surface area contributed by atoms with Gasteiger partial charge in [0.2, 0.25) is 5.95 Å². The molecule has 4 nitrogen and oxygen atoms in total. The average Bonchev–Trinajstić information content (AvgIpc) is 2.69. The average molecular weight is 403 g/mol. The van der Waals surface area contributed by atoms with Crippen molar-refractivity contribution in [2.75, 3.05) is 5.43 Å². The molecule has 3 aromatic carbocycles. The molecule has 0 aliphatic carbocycles. The van der Waals surface area contributed by atoms with Crippen molar-refractivity contribution in [3.63, 3.8) is 0 Å². The molecule has 0 spiro atoms. The predicted molar refractivity (Wildman–Crippen MR) is 110 cm³/mol. The Morgan fingerprint density at radius 2 is 1.54 bits per heavy atom. The number of anilines is 1. The molecule has 0 aliphatic heterocycles. The van der Waals surface area contributed by atoms with Crippen LogP contribution in [0.4, 0.5) is 5.95 Å². The van der Waals surface area contributed by atoms with Crippen LogP contribution in [0.1, 0.15) is 5.56 Å². The van der Waals surface area contributed by atoms with Gasteiger partial charge < -0.3 is 0 Å². The Labute approximate surface area is 159 Å². The third-order valence-corrected chi connectivity index (χ3v) is 4.65. The summed E-state index contributed by atoms with van der Waals surface area (Å²) in [7, 11) is 0. The maximum absolute atomic E-state index is 4.68. The van der Waals surface area contributed by atoms with E-state index in [0.717, 1.165) is 32.2 Å². The molecule has 26 heavy (non-hydrogen) atoms. The third kappa shape index (κ3) is 3.48. The van der Waals surface area contributed by atoms with Gasteiger partial charge in [0.1, 0.15) is 0 Å². The molecule has 0 saturated carbocycles. The van der Waals surface area contributed by atoms with E-state index < -0.39 is 0 Å². The maximum Gasteiger partial charge on any atom is 0.244 e. The van der Waals surface area contributed by atoms with Crippen LogP contribution in [0.15, 0.2) is 88.4 Å². The number of fused-ring (bicyclic) bond motifs is 1. The van der Waals surface area contributed by atoms with E-state index in [1.54, 1.807) is 6.21 Å². The minimum atomic E-state index is 0.464. The summed E-state index contributed by atoms with van der Waals surface area (Å²) in [6.07, 6.45) is 1.74. The Hall–Kier alpha value is -3.05. The van der Waals surface area contributed by atoms with E-state index in [4.69, 9.17) is 0 Å². The number of rotatable bonds is 4. The molecule has 0 aliphatic rings. The third-order valence-electron chi connectivity index (χ3n) is 3.92. The van der Waals surface area contributed by atoms with E-state index in [-0.39, 0.29) is 0 Å². The molecular formula is C21H15BrN4. The fraction of sp³-hybridized carbons (Fsp3) is 0. The van der Waals surface area contributed by atoms with Gasteiger partial charge in [0.05, 0.1) is 17.4 Å². The van der Waals surface area contributed by atoms with Crippen LogP contribution in [0, 0.1) is 0 Å². The summed E-state index contributed by atoms with van der Waals surface area (Å²) in [4.78, 5) is 9.24. The van der Waals surface area contributed by atoms with E-state index in [0.29, 0.717) is 5.95 Å². The SMILES string of the molecule is Brc1ccccc1/C=N/Nc1nc(-c2ccccc2)c2ccccc2n1. The second kappa shape index (κ2) is 7.45. The zero-order valence-corrected chi connectivity index (χ0v) is 15.4. The summed E-state index contributed by atoms with van der Waals surface area (Å²) in [6.45, 7) is 0. The lowest BCUT2D eigenvalue weighted by Crippen LogP contribution is -1.99. The van der Waals surface area contributed by atoms with Gasteiger partial charge >= 0.3 is 0 Å². The van der Waals surface area contributed by atoms with Crippen molar-refractivity contribution >= 4 is 39.0 Å². The number of para-hydroxylation sites is 1. The zero-order chi connectivity index (χ0) is 17.8. The van der Waals surface area contributed by atoms with Gasteiger partial charge in [0.25, 0.3) is 0 Å². The maximum atomic E-state index is 4.68. The Kier molecular flexibility index (Phi) is 4.71. The zero-order valence-electron chi connectivity index (χ0n) is 13.8. The van der Waals surface area contributed by atoms with Gasteiger partial charge in [0, 0.05) is 21.0 Å². The highest BCUT2D eigenvalue weighted by Crippen LogP contribution is 2.27. The van der Waals surface area contributed by atoms with Crippen LogP contribution in [0.2, 0.25) is 0 Å². The van der Waals surface area contributed by atoms with E-state index >= 15 is 0 Å². The largest absolute Gasteiger partial charge is 0.245 e. The van der Waals surface area contributed by atoms with E-state index in [2.05, 4.69) is 36.4 Å². The van der Waals surface area contributed by atoms with Crippen LogP contribution < -0.4 is 5.43 Å². The van der Waals surface area contributed by atoms with Crippen LogP contribution in [-0.2, 0) is 0 Å². The first-order chi connectivity index (χ1) is 12.8. The van der Waals surface area contributed by atoms with Crippen LogP contribution in [0.3, 0.4) is 0 Å². The van der Waals surface area contributed by atoms with Gasteiger partial charge in [0.15, 0.2) is 0 Å². The molecule has 0 bridgehead atoms. The van der Waals surface area contributed by atoms with Crippen molar-refractivity contribution in [2.24, 2.45) is 5.10 Å². The first-order valence-corrected chi connectivity index (χ1v) is 8.96. The number of nitrogens with zero attached hydrogens (tertiary/aromatic N) is 3. The topological polar surface area (TPSA) is 50.2 Å². The summed E-state index contributed by atoms with van der Waals surface area (Å²) >= 11 is 3.51. The summed E-state index contributed by atoms with van der Waals surface area (Å²) in [5.41, 5.74) is 6.73. The molecular weight excluding hydrogens is 388 g/mol. The van der Waals surface area contributed by atoms with Crippen LogP contribution in [0.5, 0.6) is 0 Å². The molecule has 1 heterocycles.